The number of aliphatic hydroxyl groups is 1. The van der Waals surface area contributed by atoms with Gasteiger partial charge in [-0.2, -0.15) is 0 Å². The van der Waals surface area contributed by atoms with Crippen molar-refractivity contribution in [1.29, 1.82) is 0 Å². The van der Waals surface area contributed by atoms with Crippen LogP contribution in [0.1, 0.15) is 35.7 Å². The summed E-state index contributed by atoms with van der Waals surface area (Å²) in [5.41, 5.74) is 2.00. The SMILES string of the molecule is CC(C)c1ccc(OCC(O)CN2CCN(C(=O)c3ccccc3)CC2)cc1. The zero-order valence-electron chi connectivity index (χ0n) is 16.8. The lowest BCUT2D eigenvalue weighted by atomic mass is 10.0. The van der Waals surface area contributed by atoms with E-state index in [0.717, 1.165) is 24.4 Å². The number of benzene rings is 2. The average Bonchev–Trinajstić information content (AvgIpc) is 2.73. The predicted molar refractivity (Wildman–Crippen MR) is 111 cm³/mol. The van der Waals surface area contributed by atoms with E-state index in [-0.39, 0.29) is 12.5 Å². The van der Waals surface area contributed by atoms with Crippen LogP contribution in [0.4, 0.5) is 0 Å². The average molecular weight is 383 g/mol. The van der Waals surface area contributed by atoms with E-state index in [0.29, 0.717) is 25.6 Å². The number of piperazine rings is 1. The van der Waals surface area contributed by atoms with Gasteiger partial charge < -0.3 is 14.7 Å². The molecule has 5 nitrogen and oxygen atoms in total. The molecule has 1 saturated heterocycles. The monoisotopic (exact) mass is 382 g/mol. The van der Waals surface area contributed by atoms with Crippen LogP contribution in [0.5, 0.6) is 5.75 Å². The van der Waals surface area contributed by atoms with Crippen molar-refractivity contribution < 1.29 is 14.6 Å². The second kappa shape index (κ2) is 9.71. The largest absolute Gasteiger partial charge is 0.491 e. The van der Waals surface area contributed by atoms with Gasteiger partial charge in [0.05, 0.1) is 0 Å². The summed E-state index contributed by atoms with van der Waals surface area (Å²) in [7, 11) is 0. The fourth-order valence-corrected chi connectivity index (χ4v) is 3.39. The molecule has 0 spiro atoms. The molecule has 3 rings (SSSR count). The zero-order chi connectivity index (χ0) is 19.9. The van der Waals surface area contributed by atoms with Crippen LogP contribution >= 0.6 is 0 Å². The Labute approximate surface area is 167 Å². The van der Waals surface area contributed by atoms with Crippen LogP contribution in [0.15, 0.2) is 54.6 Å². The van der Waals surface area contributed by atoms with Crippen LogP contribution in [-0.2, 0) is 0 Å². The highest BCUT2D eigenvalue weighted by atomic mass is 16.5. The van der Waals surface area contributed by atoms with Crippen LogP contribution in [0, 0.1) is 0 Å². The van der Waals surface area contributed by atoms with E-state index in [1.165, 1.54) is 5.56 Å². The highest BCUT2D eigenvalue weighted by Gasteiger charge is 2.23. The number of nitrogens with zero attached hydrogens (tertiary/aromatic N) is 2. The molecule has 28 heavy (non-hydrogen) atoms. The Kier molecular flexibility index (Phi) is 7.06. The van der Waals surface area contributed by atoms with Gasteiger partial charge in [-0.05, 0) is 35.7 Å². The zero-order valence-corrected chi connectivity index (χ0v) is 16.8. The molecule has 0 aromatic heterocycles. The van der Waals surface area contributed by atoms with Crippen molar-refractivity contribution in [3.63, 3.8) is 0 Å². The summed E-state index contributed by atoms with van der Waals surface area (Å²) in [4.78, 5) is 16.6. The molecule has 1 atom stereocenters. The lowest BCUT2D eigenvalue weighted by molar-refractivity contribution is 0.0403. The van der Waals surface area contributed by atoms with Gasteiger partial charge in [0, 0.05) is 38.3 Å². The third-order valence-corrected chi connectivity index (χ3v) is 5.14. The number of carbonyl (C=O) groups is 1. The topological polar surface area (TPSA) is 53.0 Å². The van der Waals surface area contributed by atoms with Gasteiger partial charge in [-0.25, -0.2) is 0 Å². The summed E-state index contributed by atoms with van der Waals surface area (Å²) < 4.78 is 5.72. The molecule has 0 radical (unpaired) electrons. The molecule has 1 unspecified atom stereocenters. The molecule has 1 fully saturated rings. The van der Waals surface area contributed by atoms with Gasteiger partial charge in [-0.15, -0.1) is 0 Å². The van der Waals surface area contributed by atoms with Crippen molar-refractivity contribution in [2.45, 2.75) is 25.9 Å². The van der Waals surface area contributed by atoms with Crippen molar-refractivity contribution >= 4 is 5.91 Å². The summed E-state index contributed by atoms with van der Waals surface area (Å²) in [5, 5.41) is 10.3. The smallest absolute Gasteiger partial charge is 0.253 e. The number of amides is 1. The lowest BCUT2D eigenvalue weighted by Crippen LogP contribution is -2.50. The first-order valence-corrected chi connectivity index (χ1v) is 10.0. The number of aliphatic hydroxyl groups excluding tert-OH is 1. The number of hydrogen-bond acceptors (Lipinski definition) is 4. The van der Waals surface area contributed by atoms with Gasteiger partial charge in [0.25, 0.3) is 5.91 Å². The Bertz CT molecular complexity index is 738. The molecule has 2 aromatic carbocycles. The maximum absolute atomic E-state index is 12.5. The number of carbonyl (C=O) groups excluding carboxylic acids is 1. The van der Waals surface area contributed by atoms with Crippen molar-refractivity contribution in [3.05, 3.63) is 65.7 Å². The summed E-state index contributed by atoms with van der Waals surface area (Å²) in [6, 6.07) is 17.4. The van der Waals surface area contributed by atoms with Gasteiger partial charge >= 0.3 is 0 Å². The summed E-state index contributed by atoms with van der Waals surface area (Å²) in [6.45, 7) is 8.02. The van der Waals surface area contributed by atoms with E-state index in [1.807, 2.05) is 47.4 Å². The minimum atomic E-state index is -0.554. The van der Waals surface area contributed by atoms with Crippen molar-refractivity contribution in [1.82, 2.24) is 9.80 Å². The predicted octanol–water partition coefficient (Wildman–Crippen LogP) is 3.01. The normalized spacial score (nSPS) is 16.2. The third-order valence-electron chi connectivity index (χ3n) is 5.14. The molecule has 2 aromatic rings. The van der Waals surface area contributed by atoms with Gasteiger partial charge in [-0.3, -0.25) is 9.69 Å². The van der Waals surface area contributed by atoms with Gasteiger partial charge in [0.15, 0.2) is 0 Å². The maximum Gasteiger partial charge on any atom is 0.253 e. The minimum absolute atomic E-state index is 0.0778. The molecule has 150 valence electrons. The van der Waals surface area contributed by atoms with Crippen molar-refractivity contribution in [2.75, 3.05) is 39.3 Å². The highest BCUT2D eigenvalue weighted by molar-refractivity contribution is 5.94. The van der Waals surface area contributed by atoms with Crippen molar-refractivity contribution in [3.8, 4) is 5.75 Å². The van der Waals surface area contributed by atoms with E-state index in [9.17, 15) is 9.90 Å². The molecule has 0 saturated carbocycles. The standard InChI is InChI=1S/C23H30N2O3/c1-18(2)19-8-10-22(11-9-19)28-17-21(26)16-24-12-14-25(15-13-24)23(27)20-6-4-3-5-7-20/h3-11,18,21,26H,12-17H2,1-2H3. The van der Waals surface area contributed by atoms with Crippen LogP contribution in [0.3, 0.4) is 0 Å². The second-order valence-corrected chi connectivity index (χ2v) is 7.65. The number of β-amino-alcohol motifs (C(OH)–C–C–N with tert-alkyl or cyclic N) is 1. The molecular weight excluding hydrogens is 352 g/mol. The highest BCUT2D eigenvalue weighted by Crippen LogP contribution is 2.18. The third kappa shape index (κ3) is 5.57. The Balaban J connectivity index is 1.40. The summed E-state index contributed by atoms with van der Waals surface area (Å²) >= 11 is 0. The molecule has 1 N–H and O–H groups in total. The van der Waals surface area contributed by atoms with Crippen LogP contribution in [-0.4, -0.2) is 66.2 Å². The Morgan fingerprint density at radius 2 is 1.64 bits per heavy atom. The molecule has 1 aliphatic heterocycles. The quantitative estimate of drug-likeness (QED) is 0.800. The summed E-state index contributed by atoms with van der Waals surface area (Å²) in [6.07, 6.45) is -0.554. The Hall–Kier alpha value is -2.37. The van der Waals surface area contributed by atoms with E-state index >= 15 is 0 Å². The first-order valence-electron chi connectivity index (χ1n) is 10.0. The van der Waals surface area contributed by atoms with E-state index in [2.05, 4.69) is 30.9 Å². The molecular formula is C23H30N2O3. The molecule has 1 amide bonds. The number of rotatable bonds is 7. The maximum atomic E-state index is 12.5. The molecule has 1 heterocycles. The Morgan fingerprint density at radius 1 is 1.00 bits per heavy atom. The number of hydrogen-bond donors (Lipinski definition) is 1. The second-order valence-electron chi connectivity index (χ2n) is 7.65. The van der Waals surface area contributed by atoms with Gasteiger partial charge in [-0.1, -0.05) is 44.2 Å². The molecule has 0 bridgehead atoms. The fraction of sp³-hybridized carbons (Fsp3) is 0.435. The van der Waals surface area contributed by atoms with Crippen LogP contribution < -0.4 is 4.74 Å². The van der Waals surface area contributed by atoms with Gasteiger partial charge in [0.2, 0.25) is 0 Å². The van der Waals surface area contributed by atoms with E-state index < -0.39 is 6.10 Å². The Morgan fingerprint density at radius 3 is 2.25 bits per heavy atom. The van der Waals surface area contributed by atoms with Gasteiger partial charge in [0.1, 0.15) is 18.5 Å². The first kappa shape index (κ1) is 20.4. The van der Waals surface area contributed by atoms with Crippen LogP contribution in [0.2, 0.25) is 0 Å². The molecule has 1 aliphatic rings. The summed E-state index contributed by atoms with van der Waals surface area (Å²) in [5.74, 6) is 1.35. The fourth-order valence-electron chi connectivity index (χ4n) is 3.39. The number of ether oxygens (including phenoxy) is 1. The lowest BCUT2D eigenvalue weighted by Gasteiger charge is -2.35. The van der Waals surface area contributed by atoms with E-state index in [4.69, 9.17) is 4.74 Å². The molecule has 0 aliphatic carbocycles. The minimum Gasteiger partial charge on any atom is -0.491 e. The van der Waals surface area contributed by atoms with Crippen LogP contribution in [0.25, 0.3) is 0 Å². The first-order chi connectivity index (χ1) is 13.5. The van der Waals surface area contributed by atoms with E-state index in [1.54, 1.807) is 0 Å². The van der Waals surface area contributed by atoms with Crippen molar-refractivity contribution in [2.24, 2.45) is 0 Å². The molecule has 5 heteroatoms.